The number of nitrogens with zero attached hydrogens (tertiary/aromatic N) is 4. The Morgan fingerprint density at radius 2 is 2.37 bits per heavy atom. The van der Waals surface area contributed by atoms with E-state index in [2.05, 4.69) is 17.0 Å². The largest absolute Gasteiger partial charge is 0.214 e. The number of fused-ring (bicyclic) bond motifs is 5. The van der Waals surface area contributed by atoms with Crippen LogP contribution in [0.3, 0.4) is 0 Å². The summed E-state index contributed by atoms with van der Waals surface area (Å²) in [5.41, 5.74) is 2.44. The van der Waals surface area contributed by atoms with Crippen LogP contribution in [0.1, 0.15) is 23.8 Å². The number of rotatable bonds is 1. The van der Waals surface area contributed by atoms with Crippen LogP contribution < -0.4 is 0 Å². The summed E-state index contributed by atoms with van der Waals surface area (Å²) in [6, 6.07) is 0. The van der Waals surface area contributed by atoms with Gasteiger partial charge >= 0.3 is 0 Å². The van der Waals surface area contributed by atoms with Crippen LogP contribution in [0.15, 0.2) is 11.5 Å². The molecule has 4 rings (SSSR count). The van der Waals surface area contributed by atoms with Gasteiger partial charge in [0.15, 0.2) is 10.8 Å². The van der Waals surface area contributed by atoms with Crippen molar-refractivity contribution in [1.29, 1.82) is 0 Å². The molecule has 0 saturated heterocycles. The highest BCUT2D eigenvalue weighted by Gasteiger charge is 2.24. The standard InChI is InChI=1S/C13H14N4S2/c1-7-3-4-9-8(5-7)10-11-14-6-15-17(11)13(18-2)16-12(10)19-9/h6-7H,3-5H2,1-2H3. The van der Waals surface area contributed by atoms with E-state index < -0.39 is 0 Å². The average Bonchev–Trinajstić information content (AvgIpc) is 3.00. The first-order valence-electron chi connectivity index (χ1n) is 6.46. The van der Waals surface area contributed by atoms with E-state index in [4.69, 9.17) is 4.98 Å². The minimum atomic E-state index is 0.758. The molecule has 0 spiro atoms. The first-order valence-corrected chi connectivity index (χ1v) is 8.50. The number of aromatic nitrogens is 4. The Hall–Kier alpha value is -1.14. The van der Waals surface area contributed by atoms with E-state index in [-0.39, 0.29) is 0 Å². The minimum Gasteiger partial charge on any atom is -0.214 e. The second-order valence-electron chi connectivity index (χ2n) is 5.13. The highest BCUT2D eigenvalue weighted by molar-refractivity contribution is 7.98. The fourth-order valence-corrected chi connectivity index (χ4v) is 4.63. The Labute approximate surface area is 119 Å². The second-order valence-corrected chi connectivity index (χ2v) is 6.98. The molecule has 3 aromatic heterocycles. The maximum atomic E-state index is 4.77. The number of aryl methyl sites for hydroxylation is 1. The first kappa shape index (κ1) is 11.7. The van der Waals surface area contributed by atoms with Gasteiger partial charge in [0, 0.05) is 4.88 Å². The molecule has 0 bridgehead atoms. The third-order valence-electron chi connectivity index (χ3n) is 3.82. The van der Waals surface area contributed by atoms with Crippen molar-refractivity contribution in [3.8, 4) is 0 Å². The van der Waals surface area contributed by atoms with Gasteiger partial charge in [0.1, 0.15) is 11.2 Å². The highest BCUT2D eigenvalue weighted by Crippen LogP contribution is 2.39. The Morgan fingerprint density at radius 3 is 3.21 bits per heavy atom. The molecule has 0 saturated carbocycles. The van der Waals surface area contributed by atoms with E-state index in [1.165, 1.54) is 28.7 Å². The van der Waals surface area contributed by atoms with E-state index in [0.717, 1.165) is 28.0 Å². The third kappa shape index (κ3) is 1.63. The Bertz CT molecular complexity index is 774. The van der Waals surface area contributed by atoms with Crippen LogP contribution in [0.5, 0.6) is 0 Å². The summed E-state index contributed by atoms with van der Waals surface area (Å²) >= 11 is 3.46. The van der Waals surface area contributed by atoms with Crippen LogP contribution >= 0.6 is 23.1 Å². The molecule has 0 aliphatic heterocycles. The van der Waals surface area contributed by atoms with Crippen LogP contribution in [0.2, 0.25) is 0 Å². The summed E-state index contributed by atoms with van der Waals surface area (Å²) in [5, 5.41) is 6.47. The van der Waals surface area contributed by atoms with Crippen molar-refractivity contribution in [2.75, 3.05) is 6.26 Å². The molecule has 3 aromatic rings. The topological polar surface area (TPSA) is 43.1 Å². The molecule has 1 aliphatic carbocycles. The van der Waals surface area contributed by atoms with Gasteiger partial charge in [-0.1, -0.05) is 18.7 Å². The summed E-state index contributed by atoms with van der Waals surface area (Å²) in [6.45, 7) is 2.33. The van der Waals surface area contributed by atoms with E-state index in [9.17, 15) is 0 Å². The lowest BCUT2D eigenvalue weighted by molar-refractivity contribution is 0.508. The van der Waals surface area contributed by atoms with Crippen molar-refractivity contribution in [2.45, 2.75) is 31.3 Å². The van der Waals surface area contributed by atoms with Gasteiger partial charge in [0.05, 0.1) is 5.39 Å². The van der Waals surface area contributed by atoms with Gasteiger partial charge in [-0.15, -0.1) is 11.3 Å². The summed E-state index contributed by atoms with van der Waals surface area (Å²) < 4.78 is 1.87. The molecule has 0 radical (unpaired) electrons. The molecule has 3 heterocycles. The zero-order chi connectivity index (χ0) is 13.0. The molecule has 1 unspecified atom stereocenters. The van der Waals surface area contributed by atoms with E-state index >= 15 is 0 Å². The highest BCUT2D eigenvalue weighted by atomic mass is 32.2. The van der Waals surface area contributed by atoms with Gasteiger partial charge in [-0.05, 0) is 37.0 Å². The smallest absolute Gasteiger partial charge is 0.192 e. The molecular formula is C13H14N4S2. The molecule has 4 nitrogen and oxygen atoms in total. The summed E-state index contributed by atoms with van der Waals surface area (Å²) in [4.78, 5) is 11.9. The number of thiophene rings is 1. The number of hydrogen-bond acceptors (Lipinski definition) is 5. The van der Waals surface area contributed by atoms with Crippen molar-refractivity contribution in [2.24, 2.45) is 5.92 Å². The summed E-state index contributed by atoms with van der Waals surface area (Å²) in [5.74, 6) is 0.758. The maximum Gasteiger partial charge on any atom is 0.192 e. The van der Waals surface area contributed by atoms with Crippen LogP contribution in [-0.4, -0.2) is 25.8 Å². The number of hydrogen-bond donors (Lipinski definition) is 0. The lowest BCUT2D eigenvalue weighted by atomic mass is 9.89. The average molecular weight is 290 g/mol. The van der Waals surface area contributed by atoms with Crippen molar-refractivity contribution in [1.82, 2.24) is 19.6 Å². The Morgan fingerprint density at radius 1 is 1.47 bits per heavy atom. The van der Waals surface area contributed by atoms with Gasteiger partial charge in [-0.25, -0.2) is 9.97 Å². The zero-order valence-corrected chi connectivity index (χ0v) is 12.5. The maximum absolute atomic E-state index is 4.77. The molecule has 98 valence electrons. The SMILES string of the molecule is CSc1nc2sc3c(c2c2ncnn12)CC(C)CC3. The molecule has 0 fully saturated rings. The van der Waals surface area contributed by atoms with Crippen molar-refractivity contribution < 1.29 is 0 Å². The lowest BCUT2D eigenvalue weighted by Gasteiger charge is -2.17. The Kier molecular flexibility index (Phi) is 2.57. The molecule has 1 aliphatic rings. The van der Waals surface area contributed by atoms with Gasteiger partial charge in [-0.2, -0.15) is 9.61 Å². The van der Waals surface area contributed by atoms with E-state index in [1.807, 2.05) is 22.1 Å². The fraction of sp³-hybridized carbons (Fsp3) is 0.462. The zero-order valence-electron chi connectivity index (χ0n) is 10.9. The predicted octanol–water partition coefficient (Wildman–Crippen LogP) is 3.19. The number of thioether (sulfide) groups is 1. The van der Waals surface area contributed by atoms with Crippen LogP contribution in [0.25, 0.3) is 15.9 Å². The molecule has 0 amide bonds. The minimum absolute atomic E-state index is 0.758. The van der Waals surface area contributed by atoms with E-state index in [1.54, 1.807) is 18.1 Å². The molecule has 19 heavy (non-hydrogen) atoms. The van der Waals surface area contributed by atoms with E-state index in [0.29, 0.717) is 0 Å². The van der Waals surface area contributed by atoms with Crippen LogP contribution in [0, 0.1) is 5.92 Å². The fourth-order valence-electron chi connectivity index (χ4n) is 2.87. The second kappa shape index (κ2) is 4.18. The van der Waals surface area contributed by atoms with Crippen molar-refractivity contribution in [3.05, 3.63) is 16.8 Å². The van der Waals surface area contributed by atoms with Gasteiger partial charge in [0.25, 0.3) is 0 Å². The molecule has 1 atom stereocenters. The van der Waals surface area contributed by atoms with Crippen LogP contribution in [-0.2, 0) is 12.8 Å². The summed E-state index contributed by atoms with van der Waals surface area (Å²) in [6.07, 6.45) is 7.29. The normalized spacial score (nSPS) is 19.2. The first-order chi connectivity index (χ1) is 9.28. The lowest BCUT2D eigenvalue weighted by Crippen LogP contribution is -2.09. The van der Waals surface area contributed by atoms with Gasteiger partial charge in [-0.3, -0.25) is 0 Å². The van der Waals surface area contributed by atoms with Crippen LogP contribution in [0.4, 0.5) is 0 Å². The van der Waals surface area contributed by atoms with Gasteiger partial charge in [0.2, 0.25) is 0 Å². The molecule has 0 aromatic carbocycles. The van der Waals surface area contributed by atoms with Crippen molar-refractivity contribution in [3.63, 3.8) is 0 Å². The Balaban J connectivity index is 2.12. The molecular weight excluding hydrogens is 276 g/mol. The predicted molar refractivity (Wildman–Crippen MR) is 79.1 cm³/mol. The monoisotopic (exact) mass is 290 g/mol. The van der Waals surface area contributed by atoms with Gasteiger partial charge < -0.3 is 0 Å². The third-order valence-corrected chi connectivity index (χ3v) is 5.64. The molecule has 0 N–H and O–H groups in total. The van der Waals surface area contributed by atoms with Crippen molar-refractivity contribution >= 4 is 39.0 Å². The summed E-state index contributed by atoms with van der Waals surface area (Å²) in [7, 11) is 0. The molecule has 6 heteroatoms. The quantitative estimate of drug-likeness (QED) is 0.510.